The van der Waals surface area contributed by atoms with E-state index >= 15 is 0 Å². The van der Waals surface area contributed by atoms with Crippen LogP contribution in [0.2, 0.25) is 5.02 Å². The van der Waals surface area contributed by atoms with Crippen molar-refractivity contribution >= 4 is 23.6 Å². The minimum absolute atomic E-state index is 0.155. The molecule has 1 saturated carbocycles. The van der Waals surface area contributed by atoms with E-state index < -0.39 is 12.1 Å². The molecule has 0 heterocycles. The molecule has 2 aromatic carbocycles. The van der Waals surface area contributed by atoms with Crippen LogP contribution in [0.1, 0.15) is 43.2 Å². The molecule has 1 atom stereocenters. The molecule has 0 radical (unpaired) electrons. The Hall–Kier alpha value is -2.53. The largest absolute Gasteiger partial charge is 0.449 e. The summed E-state index contributed by atoms with van der Waals surface area (Å²) in [4.78, 5) is 25.2. The summed E-state index contributed by atoms with van der Waals surface area (Å²) in [6.07, 6.45) is 5.87. The van der Waals surface area contributed by atoms with Crippen LogP contribution in [0.5, 0.6) is 0 Å². The molecule has 1 aliphatic rings. The van der Waals surface area contributed by atoms with Crippen LogP contribution in [0.4, 0.5) is 4.79 Å². The first-order chi connectivity index (χ1) is 14.6. The molecule has 5 nitrogen and oxygen atoms in total. The van der Waals surface area contributed by atoms with Crippen LogP contribution in [0.15, 0.2) is 54.6 Å². The van der Waals surface area contributed by atoms with Crippen molar-refractivity contribution in [1.82, 2.24) is 10.6 Å². The van der Waals surface area contributed by atoms with E-state index in [9.17, 15) is 9.59 Å². The maximum Gasteiger partial charge on any atom is 0.407 e. The van der Waals surface area contributed by atoms with Gasteiger partial charge >= 0.3 is 6.09 Å². The lowest BCUT2D eigenvalue weighted by Gasteiger charge is -2.26. The predicted octanol–water partition coefficient (Wildman–Crippen LogP) is 4.67. The molecule has 2 N–H and O–H groups in total. The first-order valence-corrected chi connectivity index (χ1v) is 11.0. The van der Waals surface area contributed by atoms with Crippen molar-refractivity contribution in [3.05, 3.63) is 70.7 Å². The maximum atomic E-state index is 12.9. The van der Waals surface area contributed by atoms with Crippen LogP contribution in [0.3, 0.4) is 0 Å². The van der Waals surface area contributed by atoms with Gasteiger partial charge in [-0.1, -0.05) is 73.3 Å². The predicted molar refractivity (Wildman–Crippen MR) is 119 cm³/mol. The van der Waals surface area contributed by atoms with Gasteiger partial charge in [0.05, 0.1) is 6.61 Å². The summed E-state index contributed by atoms with van der Waals surface area (Å²) in [5.74, 6) is -0.155. The molecule has 30 heavy (non-hydrogen) atoms. The number of hydrogen-bond donors (Lipinski definition) is 2. The number of alkyl carbamates (subject to hydrolysis) is 1. The highest BCUT2D eigenvalue weighted by molar-refractivity contribution is 6.30. The highest BCUT2D eigenvalue weighted by atomic mass is 35.5. The van der Waals surface area contributed by atoms with E-state index in [1.807, 2.05) is 48.5 Å². The van der Waals surface area contributed by atoms with E-state index in [2.05, 4.69) is 10.6 Å². The molecule has 0 aliphatic heterocycles. The molecule has 0 bridgehead atoms. The van der Waals surface area contributed by atoms with E-state index in [1.165, 1.54) is 6.42 Å². The molecule has 6 heteroatoms. The normalized spacial score (nSPS) is 15.2. The number of halogens is 1. The molecule has 1 aliphatic carbocycles. The Bertz CT molecular complexity index is 822. The van der Waals surface area contributed by atoms with Gasteiger partial charge in [0.2, 0.25) is 5.91 Å². The van der Waals surface area contributed by atoms with E-state index in [0.29, 0.717) is 17.9 Å². The average molecular weight is 429 g/mol. The zero-order chi connectivity index (χ0) is 21.2. The van der Waals surface area contributed by atoms with Crippen LogP contribution >= 0.6 is 11.6 Å². The Morgan fingerprint density at radius 1 is 1.00 bits per heavy atom. The maximum absolute atomic E-state index is 12.9. The van der Waals surface area contributed by atoms with Gasteiger partial charge in [-0.2, -0.15) is 0 Å². The summed E-state index contributed by atoms with van der Waals surface area (Å²) in [5, 5.41) is 6.51. The van der Waals surface area contributed by atoms with Crippen molar-refractivity contribution in [3.8, 4) is 0 Å². The molecular weight excluding hydrogens is 400 g/mol. The molecule has 2 aromatic rings. The second-order valence-corrected chi connectivity index (χ2v) is 8.18. The lowest BCUT2D eigenvalue weighted by molar-refractivity contribution is -0.124. The van der Waals surface area contributed by atoms with Crippen LogP contribution in [-0.2, 0) is 22.4 Å². The molecule has 0 spiro atoms. The fourth-order valence-electron chi connectivity index (χ4n) is 3.75. The number of nitrogens with one attached hydrogen (secondary N) is 2. The Morgan fingerprint density at radius 2 is 1.73 bits per heavy atom. The minimum atomic E-state index is -0.673. The fraction of sp³-hybridized carbons (Fsp3) is 0.417. The highest BCUT2D eigenvalue weighted by Crippen LogP contribution is 2.18. The number of carbonyl (C=O) groups is 2. The van der Waals surface area contributed by atoms with E-state index in [1.54, 1.807) is 6.07 Å². The van der Waals surface area contributed by atoms with Crippen LogP contribution < -0.4 is 10.6 Å². The summed E-state index contributed by atoms with van der Waals surface area (Å²) in [6, 6.07) is 16.6. The van der Waals surface area contributed by atoms with Crippen molar-refractivity contribution in [2.75, 3.05) is 6.61 Å². The molecule has 0 aromatic heterocycles. The van der Waals surface area contributed by atoms with Crippen molar-refractivity contribution in [1.29, 1.82) is 0 Å². The zero-order valence-corrected chi connectivity index (χ0v) is 17.9. The van der Waals surface area contributed by atoms with E-state index in [-0.39, 0.29) is 18.6 Å². The second kappa shape index (κ2) is 11.6. The van der Waals surface area contributed by atoms with Gasteiger partial charge in [-0.15, -0.1) is 0 Å². The summed E-state index contributed by atoms with van der Waals surface area (Å²) in [6.45, 7) is 0.217. The molecule has 1 fully saturated rings. The van der Waals surface area contributed by atoms with Crippen LogP contribution in [0.25, 0.3) is 0 Å². The van der Waals surface area contributed by atoms with Crippen molar-refractivity contribution < 1.29 is 14.3 Å². The standard InChI is InChI=1S/C24H29ClN2O3/c25-20-11-7-10-19(16-20)14-15-30-24(29)27-22(17-18-8-3-1-4-9-18)23(28)26-21-12-5-2-6-13-21/h1,3-4,7-11,16,21-22H,2,5-6,12-15,17H2,(H,26,28)(H,27,29). The van der Waals surface area contributed by atoms with Crippen LogP contribution in [0, 0.1) is 0 Å². The third kappa shape index (κ3) is 7.38. The Balaban J connectivity index is 1.54. The molecule has 0 saturated heterocycles. The SMILES string of the molecule is O=C(NC(Cc1ccccc1)C(=O)NC1CCCCC1)OCCc1cccc(Cl)c1. The van der Waals surface area contributed by atoms with Crippen molar-refractivity contribution in [2.45, 2.75) is 57.0 Å². The van der Waals surface area contributed by atoms with Gasteiger partial charge in [-0.25, -0.2) is 4.79 Å². The number of benzene rings is 2. The molecule has 3 rings (SSSR count). The van der Waals surface area contributed by atoms with Gasteiger partial charge < -0.3 is 15.4 Å². The summed E-state index contributed by atoms with van der Waals surface area (Å²) >= 11 is 5.98. The van der Waals surface area contributed by atoms with Gasteiger partial charge in [0, 0.05) is 23.9 Å². The average Bonchev–Trinajstić information content (AvgIpc) is 2.75. The zero-order valence-electron chi connectivity index (χ0n) is 17.1. The molecule has 1 unspecified atom stereocenters. The number of carbonyl (C=O) groups excluding carboxylic acids is 2. The molecule has 160 valence electrons. The third-order valence-electron chi connectivity index (χ3n) is 5.36. The first kappa shape index (κ1) is 22.2. The van der Waals surface area contributed by atoms with Crippen molar-refractivity contribution in [2.24, 2.45) is 0 Å². The summed E-state index contributed by atoms with van der Waals surface area (Å²) < 4.78 is 5.32. The third-order valence-corrected chi connectivity index (χ3v) is 5.59. The number of rotatable bonds is 8. The number of ether oxygens (including phenoxy) is 1. The van der Waals surface area contributed by atoms with Gasteiger partial charge in [-0.3, -0.25) is 4.79 Å². The molecular formula is C24H29ClN2O3. The highest BCUT2D eigenvalue weighted by Gasteiger charge is 2.25. The van der Waals surface area contributed by atoms with E-state index in [4.69, 9.17) is 16.3 Å². The van der Waals surface area contributed by atoms with E-state index in [0.717, 1.165) is 36.8 Å². The minimum Gasteiger partial charge on any atom is -0.449 e. The number of hydrogen-bond acceptors (Lipinski definition) is 3. The van der Waals surface area contributed by atoms with Crippen LogP contribution in [-0.4, -0.2) is 30.7 Å². The lowest BCUT2D eigenvalue weighted by atomic mass is 9.95. The number of amides is 2. The summed E-state index contributed by atoms with van der Waals surface area (Å²) in [5.41, 5.74) is 1.98. The Kier molecular flexibility index (Phi) is 8.57. The summed E-state index contributed by atoms with van der Waals surface area (Å²) in [7, 11) is 0. The Labute approximate surface area is 183 Å². The van der Waals surface area contributed by atoms with Crippen molar-refractivity contribution in [3.63, 3.8) is 0 Å². The Morgan fingerprint density at radius 3 is 2.47 bits per heavy atom. The topological polar surface area (TPSA) is 67.4 Å². The van der Waals surface area contributed by atoms with Gasteiger partial charge in [0.1, 0.15) is 6.04 Å². The first-order valence-electron chi connectivity index (χ1n) is 10.6. The quantitative estimate of drug-likeness (QED) is 0.642. The van der Waals surface area contributed by atoms with Gasteiger partial charge in [0.15, 0.2) is 0 Å². The smallest absolute Gasteiger partial charge is 0.407 e. The monoisotopic (exact) mass is 428 g/mol. The van der Waals surface area contributed by atoms with Gasteiger partial charge in [0.25, 0.3) is 0 Å². The molecule has 2 amide bonds. The fourth-order valence-corrected chi connectivity index (χ4v) is 3.96. The second-order valence-electron chi connectivity index (χ2n) is 7.75. The van der Waals surface area contributed by atoms with Gasteiger partial charge in [-0.05, 0) is 36.1 Å². The lowest BCUT2D eigenvalue weighted by Crippen LogP contribution is -2.51.